The van der Waals surface area contributed by atoms with Crippen molar-refractivity contribution in [3.63, 3.8) is 0 Å². The summed E-state index contributed by atoms with van der Waals surface area (Å²) in [6, 6.07) is 9.78. The zero-order valence-electron chi connectivity index (χ0n) is 10.3. The van der Waals surface area contributed by atoms with Crippen LogP contribution in [-0.4, -0.2) is 44.2 Å². The molecule has 0 radical (unpaired) electrons. The van der Waals surface area contributed by atoms with Crippen LogP contribution in [0.15, 0.2) is 30.3 Å². The lowest BCUT2D eigenvalue weighted by Crippen LogP contribution is -2.25. The molecule has 96 valence electrons. The van der Waals surface area contributed by atoms with Gasteiger partial charge in [0.05, 0.1) is 25.9 Å². The van der Waals surface area contributed by atoms with E-state index in [1.165, 1.54) is 0 Å². The summed E-state index contributed by atoms with van der Waals surface area (Å²) in [6.45, 7) is 4.55. The third-order valence-electron chi connectivity index (χ3n) is 2.20. The minimum absolute atomic E-state index is 0.326. The maximum Gasteiger partial charge on any atom is 0.0945 e. The van der Waals surface area contributed by atoms with Gasteiger partial charge in [0, 0.05) is 18.8 Å². The van der Waals surface area contributed by atoms with Crippen molar-refractivity contribution < 1.29 is 14.6 Å². The molecule has 0 spiro atoms. The first kappa shape index (κ1) is 14.0. The molecule has 0 aliphatic heterocycles. The van der Waals surface area contributed by atoms with Gasteiger partial charge in [0.15, 0.2) is 0 Å². The van der Waals surface area contributed by atoms with E-state index < -0.39 is 6.10 Å². The number of anilines is 1. The second-order valence-corrected chi connectivity index (χ2v) is 3.67. The van der Waals surface area contributed by atoms with Gasteiger partial charge in [0.25, 0.3) is 0 Å². The second-order valence-electron chi connectivity index (χ2n) is 3.67. The van der Waals surface area contributed by atoms with Crippen LogP contribution in [0.3, 0.4) is 0 Å². The van der Waals surface area contributed by atoms with Gasteiger partial charge in [-0.05, 0) is 19.1 Å². The van der Waals surface area contributed by atoms with Crippen molar-refractivity contribution in [1.29, 1.82) is 0 Å². The molecule has 2 N–H and O–H groups in total. The van der Waals surface area contributed by atoms with Crippen LogP contribution in [0.5, 0.6) is 0 Å². The molecule has 1 unspecified atom stereocenters. The molecule has 0 saturated heterocycles. The Labute approximate surface area is 103 Å². The summed E-state index contributed by atoms with van der Waals surface area (Å²) < 4.78 is 10.4. The highest BCUT2D eigenvalue weighted by Gasteiger charge is 2.03. The van der Waals surface area contributed by atoms with E-state index in [-0.39, 0.29) is 0 Å². The van der Waals surface area contributed by atoms with Crippen molar-refractivity contribution >= 4 is 5.69 Å². The molecule has 1 aromatic carbocycles. The topological polar surface area (TPSA) is 50.7 Å². The molecule has 17 heavy (non-hydrogen) atoms. The molecule has 1 rings (SSSR count). The smallest absolute Gasteiger partial charge is 0.0945 e. The predicted octanol–water partition coefficient (Wildman–Crippen LogP) is 1.51. The minimum atomic E-state index is -0.503. The van der Waals surface area contributed by atoms with Crippen LogP contribution in [0.4, 0.5) is 5.69 Å². The Morgan fingerprint density at radius 2 is 1.88 bits per heavy atom. The van der Waals surface area contributed by atoms with Crippen LogP contribution >= 0.6 is 0 Å². The molecule has 4 nitrogen and oxygen atoms in total. The minimum Gasteiger partial charge on any atom is -0.389 e. The quantitative estimate of drug-likeness (QED) is 0.641. The van der Waals surface area contributed by atoms with Crippen LogP contribution in [-0.2, 0) is 9.47 Å². The first-order chi connectivity index (χ1) is 8.33. The van der Waals surface area contributed by atoms with Gasteiger partial charge in [-0.15, -0.1) is 0 Å². The van der Waals surface area contributed by atoms with Crippen molar-refractivity contribution in [2.24, 2.45) is 0 Å². The van der Waals surface area contributed by atoms with E-state index in [9.17, 15) is 5.11 Å². The van der Waals surface area contributed by atoms with E-state index in [1.54, 1.807) is 0 Å². The van der Waals surface area contributed by atoms with Gasteiger partial charge in [-0.3, -0.25) is 0 Å². The van der Waals surface area contributed by atoms with Crippen molar-refractivity contribution in [2.75, 3.05) is 38.3 Å². The number of ether oxygens (including phenoxy) is 2. The highest BCUT2D eigenvalue weighted by Crippen LogP contribution is 2.04. The number of benzene rings is 1. The lowest BCUT2D eigenvalue weighted by atomic mass is 10.3. The van der Waals surface area contributed by atoms with Gasteiger partial charge in [-0.2, -0.15) is 0 Å². The Hall–Kier alpha value is -1.10. The lowest BCUT2D eigenvalue weighted by molar-refractivity contribution is 0.0103. The highest BCUT2D eigenvalue weighted by molar-refractivity contribution is 5.42. The molecule has 0 aliphatic carbocycles. The second kappa shape index (κ2) is 8.98. The molecule has 0 bridgehead atoms. The first-order valence-electron chi connectivity index (χ1n) is 5.95. The van der Waals surface area contributed by atoms with Gasteiger partial charge in [-0.1, -0.05) is 18.2 Å². The summed E-state index contributed by atoms with van der Waals surface area (Å²) in [6.07, 6.45) is -0.503. The molecule has 0 amide bonds. The number of aliphatic hydroxyl groups excluding tert-OH is 1. The Balaban J connectivity index is 2.03. The van der Waals surface area contributed by atoms with E-state index in [2.05, 4.69) is 5.32 Å². The largest absolute Gasteiger partial charge is 0.389 e. The van der Waals surface area contributed by atoms with Gasteiger partial charge in [-0.25, -0.2) is 0 Å². The van der Waals surface area contributed by atoms with Crippen LogP contribution in [0.2, 0.25) is 0 Å². The van der Waals surface area contributed by atoms with Crippen LogP contribution < -0.4 is 5.32 Å². The number of nitrogens with one attached hydrogen (secondary N) is 1. The number of aliphatic hydroxyl groups is 1. The molecular formula is C13H21NO3. The lowest BCUT2D eigenvalue weighted by Gasteiger charge is -2.13. The molecule has 1 aromatic rings. The fourth-order valence-corrected chi connectivity index (χ4v) is 1.33. The van der Waals surface area contributed by atoms with Gasteiger partial charge in [0.1, 0.15) is 0 Å². The van der Waals surface area contributed by atoms with Gasteiger partial charge >= 0.3 is 0 Å². The summed E-state index contributed by atoms with van der Waals surface area (Å²) in [5.41, 5.74) is 1.00. The third-order valence-corrected chi connectivity index (χ3v) is 2.20. The molecule has 1 atom stereocenters. The zero-order valence-corrected chi connectivity index (χ0v) is 10.3. The Kier molecular flexibility index (Phi) is 7.38. The molecular weight excluding hydrogens is 218 g/mol. The standard InChI is InChI=1S/C13H21NO3/c1-2-16-8-9-17-11-13(15)10-14-12-6-4-3-5-7-12/h3-7,13-15H,2,8-11H2,1H3. The first-order valence-corrected chi connectivity index (χ1v) is 5.95. The fraction of sp³-hybridized carbons (Fsp3) is 0.538. The van der Waals surface area contributed by atoms with E-state index in [0.29, 0.717) is 33.0 Å². The monoisotopic (exact) mass is 239 g/mol. The molecule has 0 aliphatic rings. The Morgan fingerprint density at radius 1 is 1.18 bits per heavy atom. The Morgan fingerprint density at radius 3 is 2.59 bits per heavy atom. The SMILES string of the molecule is CCOCCOCC(O)CNc1ccccc1. The Bertz CT molecular complexity index is 279. The van der Waals surface area contributed by atoms with Crippen molar-refractivity contribution in [2.45, 2.75) is 13.0 Å². The van der Waals surface area contributed by atoms with E-state index >= 15 is 0 Å². The van der Waals surface area contributed by atoms with Crippen molar-refractivity contribution in [1.82, 2.24) is 0 Å². The number of para-hydroxylation sites is 1. The van der Waals surface area contributed by atoms with Crippen LogP contribution in [0.1, 0.15) is 6.92 Å². The van der Waals surface area contributed by atoms with Crippen molar-refractivity contribution in [3.8, 4) is 0 Å². The zero-order chi connectivity index (χ0) is 12.3. The predicted molar refractivity (Wildman–Crippen MR) is 68.3 cm³/mol. The normalized spacial score (nSPS) is 12.4. The molecule has 0 aromatic heterocycles. The van der Waals surface area contributed by atoms with Gasteiger partial charge < -0.3 is 19.9 Å². The summed E-state index contributed by atoms with van der Waals surface area (Å²) in [5.74, 6) is 0. The van der Waals surface area contributed by atoms with E-state index in [4.69, 9.17) is 9.47 Å². The van der Waals surface area contributed by atoms with Gasteiger partial charge in [0.2, 0.25) is 0 Å². The fourth-order valence-electron chi connectivity index (χ4n) is 1.33. The van der Waals surface area contributed by atoms with E-state index in [1.807, 2.05) is 37.3 Å². The summed E-state index contributed by atoms with van der Waals surface area (Å²) >= 11 is 0. The maximum atomic E-state index is 9.64. The number of hydrogen-bond acceptors (Lipinski definition) is 4. The number of rotatable bonds is 9. The van der Waals surface area contributed by atoms with Crippen LogP contribution in [0.25, 0.3) is 0 Å². The number of hydrogen-bond donors (Lipinski definition) is 2. The molecule has 0 heterocycles. The average molecular weight is 239 g/mol. The molecule has 0 saturated carbocycles. The third kappa shape index (κ3) is 6.94. The summed E-state index contributed by atoms with van der Waals surface area (Å²) in [7, 11) is 0. The van der Waals surface area contributed by atoms with Crippen molar-refractivity contribution in [3.05, 3.63) is 30.3 Å². The summed E-state index contributed by atoms with van der Waals surface area (Å²) in [5, 5.41) is 12.8. The maximum absolute atomic E-state index is 9.64. The van der Waals surface area contributed by atoms with E-state index in [0.717, 1.165) is 5.69 Å². The highest BCUT2D eigenvalue weighted by atomic mass is 16.5. The average Bonchev–Trinajstić information content (AvgIpc) is 2.37. The molecule has 0 fully saturated rings. The summed E-state index contributed by atoms with van der Waals surface area (Å²) in [4.78, 5) is 0. The van der Waals surface area contributed by atoms with Crippen LogP contribution in [0, 0.1) is 0 Å². The molecule has 4 heteroatoms.